The third-order valence-electron chi connectivity index (χ3n) is 2.42. The van der Waals surface area contributed by atoms with Gasteiger partial charge in [0.15, 0.2) is 0 Å². The molecule has 0 unspecified atom stereocenters. The highest BCUT2D eigenvalue weighted by Gasteiger charge is 2.34. The highest BCUT2D eigenvalue weighted by molar-refractivity contribution is 7.58. The van der Waals surface area contributed by atoms with Gasteiger partial charge in [-0.1, -0.05) is 0 Å². The topological polar surface area (TPSA) is 47.6 Å². The van der Waals surface area contributed by atoms with Crippen LogP contribution in [0.3, 0.4) is 0 Å². The first-order chi connectivity index (χ1) is 7.18. The first kappa shape index (κ1) is 12.8. The van der Waals surface area contributed by atoms with E-state index in [-0.39, 0.29) is 0 Å². The Morgan fingerprint density at radius 3 is 2.33 bits per heavy atom. The van der Waals surface area contributed by atoms with Gasteiger partial charge >= 0.3 is 7.60 Å². The molecule has 0 aromatic carbocycles. The average molecular weight is 233 g/mol. The molecule has 0 aromatic rings. The van der Waals surface area contributed by atoms with Gasteiger partial charge in [-0.15, -0.1) is 0 Å². The molecule has 0 bridgehead atoms. The second-order valence-electron chi connectivity index (χ2n) is 3.36. The zero-order chi connectivity index (χ0) is 11.3. The van der Waals surface area contributed by atoms with Crippen molar-refractivity contribution < 1.29 is 13.6 Å². The van der Waals surface area contributed by atoms with E-state index < -0.39 is 7.60 Å². The lowest BCUT2D eigenvalue weighted by Crippen LogP contribution is -2.07. The largest absolute Gasteiger partial charge is 0.391 e. The van der Waals surface area contributed by atoms with Crippen LogP contribution in [0.5, 0.6) is 0 Å². The Bertz CT molecular complexity index is 278. The summed E-state index contributed by atoms with van der Waals surface area (Å²) in [6, 6.07) is 0. The van der Waals surface area contributed by atoms with Gasteiger partial charge in [0, 0.05) is 12.7 Å². The van der Waals surface area contributed by atoms with Crippen LogP contribution in [0.1, 0.15) is 33.1 Å². The summed E-state index contributed by atoms with van der Waals surface area (Å²) in [5.74, 6) is 0. The summed E-state index contributed by atoms with van der Waals surface area (Å²) in [6.07, 6.45) is 2.78. The summed E-state index contributed by atoms with van der Waals surface area (Å²) in [5.41, 5.74) is 1.03. The Balaban J connectivity index is 2.92. The summed E-state index contributed by atoms with van der Waals surface area (Å²) < 4.78 is 23.1. The molecule has 15 heavy (non-hydrogen) atoms. The molecular weight excluding hydrogens is 213 g/mol. The van der Waals surface area contributed by atoms with E-state index >= 15 is 0 Å². The molecular formula is C10H20NO3P. The Morgan fingerprint density at radius 1 is 1.27 bits per heavy atom. The minimum absolute atomic E-state index is 0.414. The van der Waals surface area contributed by atoms with Gasteiger partial charge in [-0.2, -0.15) is 0 Å². The van der Waals surface area contributed by atoms with E-state index in [0.29, 0.717) is 13.2 Å². The highest BCUT2D eigenvalue weighted by atomic mass is 31.2. The molecule has 88 valence electrons. The van der Waals surface area contributed by atoms with Crippen molar-refractivity contribution >= 4 is 7.60 Å². The van der Waals surface area contributed by atoms with Crippen LogP contribution in [-0.2, 0) is 13.6 Å². The third-order valence-corrected chi connectivity index (χ3v) is 4.77. The van der Waals surface area contributed by atoms with Crippen LogP contribution in [-0.4, -0.2) is 20.3 Å². The zero-order valence-electron chi connectivity index (χ0n) is 9.71. The van der Waals surface area contributed by atoms with E-state index in [2.05, 4.69) is 5.32 Å². The lowest BCUT2D eigenvalue weighted by molar-refractivity contribution is 0.225. The number of rotatable bonds is 6. The Kier molecular flexibility index (Phi) is 4.84. The van der Waals surface area contributed by atoms with E-state index in [9.17, 15) is 4.57 Å². The van der Waals surface area contributed by atoms with Crippen LogP contribution < -0.4 is 5.32 Å². The van der Waals surface area contributed by atoms with Crippen LogP contribution in [0.2, 0.25) is 0 Å². The maximum absolute atomic E-state index is 12.4. The summed E-state index contributed by atoms with van der Waals surface area (Å²) in [4.78, 5) is 0. The fourth-order valence-corrected chi connectivity index (χ4v) is 3.88. The summed E-state index contributed by atoms with van der Waals surface area (Å²) in [5, 5.41) is 3.93. The van der Waals surface area contributed by atoms with Gasteiger partial charge in [0.05, 0.1) is 18.5 Å². The molecule has 1 aliphatic rings. The first-order valence-electron chi connectivity index (χ1n) is 5.47. The van der Waals surface area contributed by atoms with E-state index in [1.165, 1.54) is 0 Å². The molecule has 0 saturated carbocycles. The Hall–Kier alpha value is -0.310. The van der Waals surface area contributed by atoms with Crippen LogP contribution in [0.15, 0.2) is 11.0 Å². The molecule has 0 spiro atoms. The highest BCUT2D eigenvalue weighted by Crippen LogP contribution is 2.60. The van der Waals surface area contributed by atoms with Gasteiger partial charge in [0.1, 0.15) is 0 Å². The molecule has 0 aromatic heterocycles. The van der Waals surface area contributed by atoms with Crippen LogP contribution in [0, 0.1) is 0 Å². The van der Waals surface area contributed by atoms with Crippen molar-refractivity contribution in [3.05, 3.63) is 11.0 Å². The SMILES string of the molecule is CCOP(=O)(OCC)C1=C(NC)CCC1. The fourth-order valence-electron chi connectivity index (χ4n) is 1.83. The summed E-state index contributed by atoms with van der Waals surface area (Å²) in [7, 11) is -1.17. The minimum Gasteiger partial charge on any atom is -0.391 e. The lowest BCUT2D eigenvalue weighted by Gasteiger charge is -2.19. The third kappa shape index (κ3) is 2.83. The quantitative estimate of drug-likeness (QED) is 0.716. The zero-order valence-corrected chi connectivity index (χ0v) is 10.6. The number of hydrogen-bond acceptors (Lipinski definition) is 4. The van der Waals surface area contributed by atoms with Gasteiger partial charge in [-0.3, -0.25) is 4.57 Å². The van der Waals surface area contributed by atoms with Gasteiger partial charge in [-0.25, -0.2) is 0 Å². The Labute approximate surface area is 91.6 Å². The predicted molar refractivity (Wildman–Crippen MR) is 60.8 cm³/mol. The molecule has 1 N–H and O–H groups in total. The van der Waals surface area contributed by atoms with Gasteiger partial charge < -0.3 is 14.4 Å². The second kappa shape index (κ2) is 5.69. The standard InChI is InChI=1S/C10H20NO3P/c1-4-13-15(12,14-5-2)10-8-6-7-9(10)11-3/h11H,4-8H2,1-3H3. The molecule has 1 aliphatic carbocycles. The smallest absolute Gasteiger partial charge is 0.359 e. The minimum atomic E-state index is -3.02. The molecule has 0 atom stereocenters. The maximum Gasteiger partial charge on any atom is 0.359 e. The van der Waals surface area contributed by atoms with Crippen molar-refractivity contribution in [2.24, 2.45) is 0 Å². The molecule has 0 aliphatic heterocycles. The molecule has 0 amide bonds. The van der Waals surface area contributed by atoms with Gasteiger partial charge in [-0.05, 0) is 33.1 Å². The average Bonchev–Trinajstić information content (AvgIpc) is 2.66. The molecule has 4 nitrogen and oxygen atoms in total. The van der Waals surface area contributed by atoms with E-state index in [1.807, 2.05) is 20.9 Å². The molecule has 0 fully saturated rings. The van der Waals surface area contributed by atoms with E-state index in [0.717, 1.165) is 30.3 Å². The molecule has 0 radical (unpaired) electrons. The van der Waals surface area contributed by atoms with Crippen LogP contribution in [0.4, 0.5) is 0 Å². The number of hydrogen-bond donors (Lipinski definition) is 1. The van der Waals surface area contributed by atoms with Crippen molar-refractivity contribution in [2.45, 2.75) is 33.1 Å². The van der Waals surface area contributed by atoms with Crippen molar-refractivity contribution in [3.8, 4) is 0 Å². The van der Waals surface area contributed by atoms with Gasteiger partial charge in [0.25, 0.3) is 0 Å². The molecule has 1 rings (SSSR count). The van der Waals surface area contributed by atoms with Crippen LogP contribution >= 0.6 is 7.60 Å². The fraction of sp³-hybridized carbons (Fsp3) is 0.800. The lowest BCUT2D eigenvalue weighted by atomic mass is 10.3. The molecule has 5 heteroatoms. The number of nitrogens with one attached hydrogen (secondary N) is 1. The van der Waals surface area contributed by atoms with Crippen molar-refractivity contribution in [1.82, 2.24) is 5.32 Å². The van der Waals surface area contributed by atoms with Crippen LogP contribution in [0.25, 0.3) is 0 Å². The normalized spacial score (nSPS) is 17.3. The molecule has 0 saturated heterocycles. The predicted octanol–water partition coefficient (Wildman–Crippen LogP) is 2.87. The van der Waals surface area contributed by atoms with E-state index in [1.54, 1.807) is 0 Å². The molecule has 0 heterocycles. The monoisotopic (exact) mass is 233 g/mol. The van der Waals surface area contributed by atoms with Crippen molar-refractivity contribution in [2.75, 3.05) is 20.3 Å². The second-order valence-corrected chi connectivity index (χ2v) is 5.41. The van der Waals surface area contributed by atoms with Gasteiger partial charge in [0.2, 0.25) is 0 Å². The van der Waals surface area contributed by atoms with E-state index in [4.69, 9.17) is 9.05 Å². The van der Waals surface area contributed by atoms with Crippen molar-refractivity contribution in [1.29, 1.82) is 0 Å². The Morgan fingerprint density at radius 2 is 1.87 bits per heavy atom. The first-order valence-corrected chi connectivity index (χ1v) is 7.01. The van der Waals surface area contributed by atoms with Crippen molar-refractivity contribution in [3.63, 3.8) is 0 Å². The summed E-state index contributed by atoms with van der Waals surface area (Å²) >= 11 is 0. The number of allylic oxidation sites excluding steroid dienone is 2. The summed E-state index contributed by atoms with van der Waals surface area (Å²) in [6.45, 7) is 4.50. The maximum atomic E-state index is 12.4.